The zero-order chi connectivity index (χ0) is 9.47. The molecular weight excluding hydrogens is 160 g/mol. The summed E-state index contributed by atoms with van der Waals surface area (Å²) in [6.45, 7) is 9.49. The Hall–Kier alpha value is -0.0800. The zero-order valence-electron chi connectivity index (χ0n) is 9.14. The van der Waals surface area contributed by atoms with Gasteiger partial charge in [0.1, 0.15) is 0 Å². The van der Waals surface area contributed by atoms with E-state index in [4.69, 9.17) is 0 Å². The summed E-state index contributed by atoms with van der Waals surface area (Å²) in [6, 6.07) is 1.55. The molecule has 3 fully saturated rings. The van der Waals surface area contributed by atoms with Crippen LogP contribution in [0.3, 0.4) is 0 Å². The van der Waals surface area contributed by atoms with E-state index in [1.807, 2.05) is 0 Å². The molecule has 3 saturated heterocycles. The molecule has 2 atom stereocenters. The minimum atomic E-state index is 0.357. The molecule has 1 N–H and O–H groups in total. The average Bonchev–Trinajstić information content (AvgIpc) is 2.35. The Kier molecular flexibility index (Phi) is 2.37. The Morgan fingerprint density at radius 3 is 2.69 bits per heavy atom. The standard InChI is InChI=1S/C11H22N2/c1-11(2,3)13-8-9-5-4-6-10(13)7-12-9/h9-10,12H,4-8H2,1-3H3/t9-,10-/m0/s1. The fourth-order valence-corrected chi connectivity index (χ4v) is 2.74. The Bertz CT molecular complexity index is 179. The summed E-state index contributed by atoms with van der Waals surface area (Å²) in [5.74, 6) is 0. The van der Waals surface area contributed by atoms with Crippen LogP contribution in [-0.2, 0) is 0 Å². The van der Waals surface area contributed by atoms with Gasteiger partial charge >= 0.3 is 0 Å². The van der Waals surface area contributed by atoms with Crippen molar-refractivity contribution in [1.82, 2.24) is 10.2 Å². The number of piperazine rings is 1. The van der Waals surface area contributed by atoms with Crippen molar-refractivity contribution in [2.45, 2.75) is 57.7 Å². The van der Waals surface area contributed by atoms with E-state index in [9.17, 15) is 0 Å². The summed E-state index contributed by atoms with van der Waals surface area (Å²) in [5.41, 5.74) is 0.357. The smallest absolute Gasteiger partial charge is 0.0226 e. The van der Waals surface area contributed by atoms with Gasteiger partial charge in [-0.1, -0.05) is 6.42 Å². The van der Waals surface area contributed by atoms with Crippen LogP contribution < -0.4 is 5.32 Å². The molecule has 3 aliphatic heterocycles. The molecule has 0 amide bonds. The third-order valence-electron chi connectivity index (χ3n) is 3.45. The predicted octanol–water partition coefficient (Wildman–Crippen LogP) is 1.61. The predicted molar refractivity (Wildman–Crippen MR) is 55.9 cm³/mol. The number of nitrogens with zero attached hydrogens (tertiary/aromatic N) is 1. The second-order valence-electron chi connectivity index (χ2n) is 5.51. The Labute approximate surface area is 81.7 Å². The van der Waals surface area contributed by atoms with Crippen molar-refractivity contribution >= 4 is 0 Å². The van der Waals surface area contributed by atoms with Crippen LogP contribution in [0.2, 0.25) is 0 Å². The molecule has 0 aromatic carbocycles. The molecule has 0 aromatic heterocycles. The summed E-state index contributed by atoms with van der Waals surface area (Å²) in [6.07, 6.45) is 4.18. The molecular formula is C11H22N2. The summed E-state index contributed by atoms with van der Waals surface area (Å²) >= 11 is 0. The quantitative estimate of drug-likeness (QED) is 0.612. The third-order valence-corrected chi connectivity index (χ3v) is 3.45. The van der Waals surface area contributed by atoms with E-state index in [0.29, 0.717) is 5.54 Å². The van der Waals surface area contributed by atoms with E-state index in [1.54, 1.807) is 0 Å². The molecule has 3 rings (SSSR count). The van der Waals surface area contributed by atoms with Crippen molar-refractivity contribution in [3.8, 4) is 0 Å². The van der Waals surface area contributed by atoms with E-state index in [2.05, 4.69) is 31.0 Å². The van der Waals surface area contributed by atoms with Crippen LogP contribution in [0.4, 0.5) is 0 Å². The lowest BCUT2D eigenvalue weighted by atomic mass is 9.99. The Morgan fingerprint density at radius 2 is 2.00 bits per heavy atom. The van der Waals surface area contributed by atoms with Crippen LogP contribution in [0, 0.1) is 0 Å². The molecule has 0 unspecified atom stereocenters. The summed E-state index contributed by atoms with van der Waals surface area (Å²) < 4.78 is 0. The maximum atomic E-state index is 3.64. The van der Waals surface area contributed by atoms with Crippen LogP contribution in [0.25, 0.3) is 0 Å². The fraction of sp³-hybridized carbons (Fsp3) is 1.00. The van der Waals surface area contributed by atoms with Gasteiger partial charge in [0, 0.05) is 30.7 Å². The van der Waals surface area contributed by atoms with Gasteiger partial charge in [-0.3, -0.25) is 4.90 Å². The first-order chi connectivity index (χ1) is 6.07. The minimum absolute atomic E-state index is 0.357. The zero-order valence-corrected chi connectivity index (χ0v) is 9.14. The lowest BCUT2D eigenvalue weighted by Gasteiger charge is -2.45. The SMILES string of the molecule is CC(C)(C)N1C[C@@H]2CCC[C@H]1CN2. The minimum Gasteiger partial charge on any atom is -0.311 e. The molecule has 0 aliphatic carbocycles. The average molecular weight is 182 g/mol. The van der Waals surface area contributed by atoms with Gasteiger partial charge in [-0.2, -0.15) is 0 Å². The van der Waals surface area contributed by atoms with Gasteiger partial charge in [-0.15, -0.1) is 0 Å². The fourth-order valence-electron chi connectivity index (χ4n) is 2.74. The molecule has 2 nitrogen and oxygen atoms in total. The third kappa shape index (κ3) is 1.89. The Balaban J connectivity index is 2.12. The first kappa shape index (κ1) is 9.47. The highest BCUT2D eigenvalue weighted by Gasteiger charge is 2.36. The van der Waals surface area contributed by atoms with Gasteiger partial charge in [0.15, 0.2) is 0 Å². The van der Waals surface area contributed by atoms with Gasteiger partial charge in [0.2, 0.25) is 0 Å². The topological polar surface area (TPSA) is 15.3 Å². The largest absolute Gasteiger partial charge is 0.311 e. The lowest BCUT2D eigenvalue weighted by molar-refractivity contribution is 0.0513. The second kappa shape index (κ2) is 3.25. The number of fused-ring (bicyclic) bond motifs is 4. The monoisotopic (exact) mass is 182 g/mol. The lowest BCUT2D eigenvalue weighted by Crippen LogP contribution is -2.60. The maximum Gasteiger partial charge on any atom is 0.0226 e. The van der Waals surface area contributed by atoms with Crippen molar-refractivity contribution in [3.63, 3.8) is 0 Å². The molecule has 3 aliphatic rings. The summed E-state index contributed by atoms with van der Waals surface area (Å²) in [7, 11) is 0. The van der Waals surface area contributed by atoms with Gasteiger partial charge < -0.3 is 5.32 Å². The van der Waals surface area contributed by atoms with E-state index >= 15 is 0 Å². The van der Waals surface area contributed by atoms with E-state index in [1.165, 1.54) is 32.4 Å². The molecule has 0 saturated carbocycles. The molecule has 13 heavy (non-hydrogen) atoms. The highest BCUT2D eigenvalue weighted by molar-refractivity contribution is 4.94. The van der Waals surface area contributed by atoms with Crippen molar-refractivity contribution in [2.75, 3.05) is 13.1 Å². The molecule has 0 aromatic rings. The van der Waals surface area contributed by atoms with Crippen LogP contribution in [0.5, 0.6) is 0 Å². The number of rotatable bonds is 0. The van der Waals surface area contributed by atoms with Gasteiger partial charge in [-0.05, 0) is 33.6 Å². The van der Waals surface area contributed by atoms with Crippen molar-refractivity contribution in [1.29, 1.82) is 0 Å². The molecule has 76 valence electrons. The summed E-state index contributed by atoms with van der Waals surface area (Å²) in [5, 5.41) is 3.64. The molecule has 0 radical (unpaired) electrons. The van der Waals surface area contributed by atoms with Crippen molar-refractivity contribution in [3.05, 3.63) is 0 Å². The molecule has 3 heterocycles. The van der Waals surface area contributed by atoms with Crippen LogP contribution in [0.1, 0.15) is 40.0 Å². The summed E-state index contributed by atoms with van der Waals surface area (Å²) in [4.78, 5) is 2.70. The van der Waals surface area contributed by atoms with Crippen molar-refractivity contribution < 1.29 is 0 Å². The highest BCUT2D eigenvalue weighted by Crippen LogP contribution is 2.27. The molecule has 2 heteroatoms. The van der Waals surface area contributed by atoms with E-state index < -0.39 is 0 Å². The van der Waals surface area contributed by atoms with E-state index in [-0.39, 0.29) is 0 Å². The van der Waals surface area contributed by atoms with Gasteiger partial charge in [0.25, 0.3) is 0 Å². The van der Waals surface area contributed by atoms with Crippen LogP contribution in [0.15, 0.2) is 0 Å². The first-order valence-electron chi connectivity index (χ1n) is 5.57. The van der Waals surface area contributed by atoms with Crippen molar-refractivity contribution in [2.24, 2.45) is 0 Å². The Morgan fingerprint density at radius 1 is 1.23 bits per heavy atom. The number of hydrogen-bond donors (Lipinski definition) is 1. The highest BCUT2D eigenvalue weighted by atomic mass is 15.3. The van der Waals surface area contributed by atoms with Crippen LogP contribution in [-0.4, -0.2) is 35.6 Å². The molecule has 2 bridgehead atoms. The normalized spacial score (nSPS) is 36.2. The van der Waals surface area contributed by atoms with E-state index in [0.717, 1.165) is 12.1 Å². The van der Waals surface area contributed by atoms with Crippen LogP contribution >= 0.6 is 0 Å². The van der Waals surface area contributed by atoms with Gasteiger partial charge in [0.05, 0.1) is 0 Å². The maximum absolute atomic E-state index is 3.64. The molecule has 0 spiro atoms. The number of nitrogens with one attached hydrogen (secondary N) is 1. The first-order valence-corrected chi connectivity index (χ1v) is 5.57. The second-order valence-corrected chi connectivity index (χ2v) is 5.51. The number of hydrogen-bond acceptors (Lipinski definition) is 2. The van der Waals surface area contributed by atoms with Gasteiger partial charge in [-0.25, -0.2) is 0 Å².